The van der Waals surface area contributed by atoms with Crippen molar-refractivity contribution < 1.29 is 23.5 Å². The van der Waals surface area contributed by atoms with E-state index in [1.807, 2.05) is 0 Å². The summed E-state index contributed by atoms with van der Waals surface area (Å²) < 4.78 is 27.9. The molecule has 0 aliphatic carbocycles. The number of hydrogen-bond acceptors (Lipinski definition) is 6. The van der Waals surface area contributed by atoms with E-state index in [0.717, 1.165) is 28.4 Å². The van der Waals surface area contributed by atoms with Crippen molar-refractivity contribution in [1.82, 2.24) is 10.2 Å². The van der Waals surface area contributed by atoms with Crippen molar-refractivity contribution in [3.05, 3.63) is 81.9 Å². The van der Waals surface area contributed by atoms with Gasteiger partial charge in [-0.25, -0.2) is 8.78 Å². The lowest BCUT2D eigenvalue weighted by Gasteiger charge is -2.22. The third kappa shape index (κ3) is 3.19. The molecule has 2 aromatic carbocycles. The van der Waals surface area contributed by atoms with Crippen LogP contribution >= 0.6 is 11.3 Å². The van der Waals surface area contributed by atoms with Crippen molar-refractivity contribution in [2.24, 2.45) is 0 Å². The molecule has 1 amide bonds. The molecule has 1 unspecified atom stereocenters. The maximum absolute atomic E-state index is 14.6. The maximum Gasteiger partial charge on any atom is 0.301 e. The number of aromatic nitrogens is 2. The second-order valence-electron chi connectivity index (χ2n) is 6.30. The number of ketones is 1. The minimum atomic E-state index is -1.24. The Morgan fingerprint density at radius 2 is 1.76 bits per heavy atom. The zero-order valence-electron chi connectivity index (χ0n) is 15.0. The standard InChI is InChI=1S/C20H13F2N3O3S/c1-10-23-24-20(29-10)25-16(13-4-2-3-5-14(13)22)15(18(27)19(25)28)17(26)11-6-8-12(21)9-7-11/h2-9,16,26H,1H3/b17-15+. The van der Waals surface area contributed by atoms with Crippen LogP contribution in [0.2, 0.25) is 0 Å². The Hall–Kier alpha value is -3.46. The molecule has 1 fully saturated rings. The molecule has 0 bridgehead atoms. The topological polar surface area (TPSA) is 83.4 Å². The number of anilines is 1. The van der Waals surface area contributed by atoms with E-state index in [4.69, 9.17) is 0 Å². The van der Waals surface area contributed by atoms with Crippen LogP contribution in [0, 0.1) is 18.6 Å². The number of aryl methyl sites for hydroxylation is 1. The number of halogens is 2. The van der Waals surface area contributed by atoms with Crippen LogP contribution in [0.25, 0.3) is 5.76 Å². The summed E-state index contributed by atoms with van der Waals surface area (Å²) in [4.78, 5) is 26.6. The summed E-state index contributed by atoms with van der Waals surface area (Å²) in [6.45, 7) is 1.67. The first kappa shape index (κ1) is 18.9. The molecular formula is C20H13F2N3O3S. The van der Waals surface area contributed by atoms with Crippen LogP contribution in [0.1, 0.15) is 22.2 Å². The SMILES string of the molecule is Cc1nnc(N2C(=O)C(=O)/C(=C(/O)c3ccc(F)cc3)C2c2ccccc2F)s1. The Morgan fingerprint density at radius 1 is 1.07 bits per heavy atom. The zero-order chi connectivity index (χ0) is 20.7. The number of amides is 1. The van der Waals surface area contributed by atoms with Crippen molar-refractivity contribution >= 4 is 33.9 Å². The molecule has 146 valence electrons. The Bertz CT molecular complexity index is 1160. The molecule has 6 nitrogen and oxygen atoms in total. The molecule has 3 aromatic rings. The van der Waals surface area contributed by atoms with E-state index in [9.17, 15) is 23.5 Å². The van der Waals surface area contributed by atoms with Crippen LogP contribution in [-0.4, -0.2) is 27.0 Å². The number of nitrogens with zero attached hydrogens (tertiary/aromatic N) is 3. The smallest absolute Gasteiger partial charge is 0.301 e. The number of Topliss-reactive ketones (excluding diaryl/α,β-unsaturated/α-hetero) is 1. The summed E-state index contributed by atoms with van der Waals surface area (Å²) in [7, 11) is 0. The largest absolute Gasteiger partial charge is 0.507 e. The number of hydrogen-bond donors (Lipinski definition) is 1. The quantitative estimate of drug-likeness (QED) is 0.402. The van der Waals surface area contributed by atoms with E-state index in [1.165, 1.54) is 30.3 Å². The van der Waals surface area contributed by atoms with Gasteiger partial charge in [-0.05, 0) is 37.3 Å². The van der Waals surface area contributed by atoms with Crippen LogP contribution in [0.15, 0.2) is 54.1 Å². The molecule has 1 aliphatic heterocycles. The highest BCUT2D eigenvalue weighted by Crippen LogP contribution is 2.43. The molecule has 2 heterocycles. The van der Waals surface area contributed by atoms with Crippen molar-refractivity contribution in [3.63, 3.8) is 0 Å². The number of carbonyl (C=O) groups excluding carboxylic acids is 2. The number of benzene rings is 2. The molecule has 0 saturated carbocycles. The normalized spacial score (nSPS) is 18.4. The van der Waals surface area contributed by atoms with E-state index in [-0.39, 0.29) is 21.8 Å². The fourth-order valence-electron chi connectivity index (χ4n) is 3.17. The molecule has 0 radical (unpaired) electrons. The lowest BCUT2D eigenvalue weighted by molar-refractivity contribution is -0.132. The highest BCUT2D eigenvalue weighted by molar-refractivity contribution is 7.15. The highest BCUT2D eigenvalue weighted by Gasteiger charge is 2.49. The van der Waals surface area contributed by atoms with Gasteiger partial charge in [-0.15, -0.1) is 10.2 Å². The van der Waals surface area contributed by atoms with Crippen molar-refractivity contribution in [1.29, 1.82) is 0 Å². The number of carbonyl (C=O) groups is 2. The van der Waals surface area contributed by atoms with Crippen LogP contribution in [-0.2, 0) is 9.59 Å². The van der Waals surface area contributed by atoms with Gasteiger partial charge >= 0.3 is 5.91 Å². The molecular weight excluding hydrogens is 400 g/mol. The molecule has 29 heavy (non-hydrogen) atoms. The number of aliphatic hydroxyl groups excluding tert-OH is 1. The Labute approximate surface area is 167 Å². The van der Waals surface area contributed by atoms with Crippen LogP contribution in [0.4, 0.5) is 13.9 Å². The van der Waals surface area contributed by atoms with Crippen molar-refractivity contribution in [3.8, 4) is 0 Å². The highest BCUT2D eigenvalue weighted by atomic mass is 32.1. The number of aliphatic hydroxyl groups is 1. The van der Waals surface area contributed by atoms with Gasteiger partial charge in [0.1, 0.15) is 28.4 Å². The lowest BCUT2D eigenvalue weighted by Crippen LogP contribution is -2.29. The molecule has 1 aliphatic rings. The fourth-order valence-corrected chi connectivity index (χ4v) is 3.88. The Kier molecular flexibility index (Phi) is 4.67. The van der Waals surface area contributed by atoms with Gasteiger partial charge in [0, 0.05) is 11.1 Å². The van der Waals surface area contributed by atoms with E-state index >= 15 is 0 Å². The van der Waals surface area contributed by atoms with Gasteiger partial charge < -0.3 is 5.11 Å². The zero-order valence-corrected chi connectivity index (χ0v) is 15.8. The first-order valence-corrected chi connectivity index (χ1v) is 9.31. The first-order chi connectivity index (χ1) is 13.9. The summed E-state index contributed by atoms with van der Waals surface area (Å²) >= 11 is 1.06. The third-order valence-electron chi connectivity index (χ3n) is 4.48. The fraction of sp³-hybridized carbons (Fsp3) is 0.100. The molecule has 1 saturated heterocycles. The minimum Gasteiger partial charge on any atom is -0.507 e. The van der Waals surface area contributed by atoms with Gasteiger partial charge in [0.25, 0.3) is 5.78 Å². The molecule has 1 N–H and O–H groups in total. The summed E-state index contributed by atoms with van der Waals surface area (Å²) in [5.41, 5.74) is -0.165. The monoisotopic (exact) mass is 413 g/mol. The predicted molar refractivity (Wildman–Crippen MR) is 102 cm³/mol. The average molecular weight is 413 g/mol. The molecule has 1 atom stereocenters. The third-order valence-corrected chi connectivity index (χ3v) is 5.32. The summed E-state index contributed by atoms with van der Waals surface area (Å²) in [5.74, 6) is -3.67. The van der Waals surface area contributed by atoms with Crippen LogP contribution < -0.4 is 4.90 Å². The van der Waals surface area contributed by atoms with Gasteiger partial charge in [0.2, 0.25) is 5.13 Å². The van der Waals surface area contributed by atoms with E-state index in [0.29, 0.717) is 5.01 Å². The minimum absolute atomic E-state index is 0.0169. The van der Waals surface area contributed by atoms with E-state index in [1.54, 1.807) is 13.0 Å². The van der Waals surface area contributed by atoms with Crippen LogP contribution in [0.3, 0.4) is 0 Å². The van der Waals surface area contributed by atoms with Gasteiger partial charge in [0.05, 0.1) is 5.57 Å². The van der Waals surface area contributed by atoms with E-state index < -0.39 is 35.1 Å². The second kappa shape index (κ2) is 7.17. The maximum atomic E-state index is 14.6. The average Bonchev–Trinajstić information content (AvgIpc) is 3.23. The van der Waals surface area contributed by atoms with Gasteiger partial charge in [-0.1, -0.05) is 29.5 Å². The van der Waals surface area contributed by atoms with Gasteiger partial charge in [0.15, 0.2) is 0 Å². The van der Waals surface area contributed by atoms with Gasteiger partial charge in [-0.2, -0.15) is 0 Å². The lowest BCUT2D eigenvalue weighted by atomic mass is 9.95. The number of rotatable bonds is 3. The van der Waals surface area contributed by atoms with Crippen LogP contribution in [0.5, 0.6) is 0 Å². The van der Waals surface area contributed by atoms with Crippen molar-refractivity contribution in [2.45, 2.75) is 13.0 Å². The van der Waals surface area contributed by atoms with Gasteiger partial charge in [-0.3, -0.25) is 14.5 Å². The Balaban J connectivity index is 1.97. The summed E-state index contributed by atoms with van der Waals surface area (Å²) in [6.07, 6.45) is 0. The summed E-state index contributed by atoms with van der Waals surface area (Å²) in [5, 5.41) is 19.2. The van der Waals surface area contributed by atoms with E-state index in [2.05, 4.69) is 10.2 Å². The predicted octanol–water partition coefficient (Wildman–Crippen LogP) is 3.75. The molecule has 9 heteroatoms. The Morgan fingerprint density at radius 3 is 2.38 bits per heavy atom. The molecule has 1 aromatic heterocycles. The van der Waals surface area contributed by atoms with Crippen molar-refractivity contribution in [2.75, 3.05) is 4.90 Å². The summed E-state index contributed by atoms with van der Waals surface area (Å²) in [6, 6.07) is 9.16. The molecule has 4 rings (SSSR count). The second-order valence-corrected chi connectivity index (χ2v) is 7.46. The first-order valence-electron chi connectivity index (χ1n) is 8.50. The molecule has 0 spiro atoms.